The molecule has 0 amide bonds. The monoisotopic (exact) mass is 181 g/mol. The van der Waals surface area contributed by atoms with E-state index >= 15 is 0 Å². The highest BCUT2D eigenvalue weighted by molar-refractivity contribution is 4.91. The Hall–Kier alpha value is -0.0400. The lowest BCUT2D eigenvalue weighted by Gasteiger charge is -2.33. The SMILES string of the molecule is CNC(C1CC1)C1CCCC(C)C1. The fourth-order valence-corrected chi connectivity index (χ4v) is 3.12. The van der Waals surface area contributed by atoms with Crippen LogP contribution < -0.4 is 5.32 Å². The van der Waals surface area contributed by atoms with Gasteiger partial charge in [0.2, 0.25) is 0 Å². The second-order valence-corrected chi connectivity index (χ2v) is 5.18. The molecule has 0 bridgehead atoms. The van der Waals surface area contributed by atoms with Gasteiger partial charge in [-0.3, -0.25) is 0 Å². The molecule has 0 saturated heterocycles. The Labute approximate surface area is 82.3 Å². The summed E-state index contributed by atoms with van der Waals surface area (Å²) in [4.78, 5) is 0. The molecule has 3 atom stereocenters. The first kappa shape index (κ1) is 9.51. The standard InChI is InChI=1S/C12H23N/c1-9-4-3-5-11(8-9)12(13-2)10-6-7-10/h9-13H,3-8H2,1-2H3. The molecular formula is C12H23N. The van der Waals surface area contributed by atoms with E-state index in [1.165, 1.54) is 38.5 Å². The lowest BCUT2D eigenvalue weighted by atomic mass is 9.77. The molecule has 2 saturated carbocycles. The summed E-state index contributed by atoms with van der Waals surface area (Å²) in [6.07, 6.45) is 8.86. The average molecular weight is 181 g/mol. The second kappa shape index (κ2) is 4.00. The summed E-state index contributed by atoms with van der Waals surface area (Å²) in [5.41, 5.74) is 0. The Kier molecular flexibility index (Phi) is 2.92. The molecule has 13 heavy (non-hydrogen) atoms. The predicted molar refractivity (Wildman–Crippen MR) is 56.7 cm³/mol. The minimum absolute atomic E-state index is 0.850. The molecule has 2 aliphatic rings. The van der Waals surface area contributed by atoms with Gasteiger partial charge in [0.1, 0.15) is 0 Å². The van der Waals surface area contributed by atoms with Gasteiger partial charge in [0, 0.05) is 6.04 Å². The molecule has 0 aromatic rings. The van der Waals surface area contributed by atoms with Crippen LogP contribution in [0.3, 0.4) is 0 Å². The highest BCUT2D eigenvalue weighted by Gasteiger charge is 2.36. The van der Waals surface area contributed by atoms with Crippen LogP contribution in [-0.4, -0.2) is 13.1 Å². The lowest BCUT2D eigenvalue weighted by molar-refractivity contribution is 0.214. The highest BCUT2D eigenvalue weighted by Crippen LogP contribution is 2.41. The molecule has 0 radical (unpaired) electrons. The summed E-state index contributed by atoms with van der Waals surface area (Å²) in [7, 11) is 2.16. The molecule has 2 rings (SSSR count). The van der Waals surface area contributed by atoms with E-state index in [4.69, 9.17) is 0 Å². The van der Waals surface area contributed by atoms with Crippen LogP contribution in [0, 0.1) is 17.8 Å². The van der Waals surface area contributed by atoms with Crippen molar-refractivity contribution in [2.24, 2.45) is 17.8 Å². The van der Waals surface area contributed by atoms with Crippen LogP contribution in [0.5, 0.6) is 0 Å². The summed E-state index contributed by atoms with van der Waals surface area (Å²) in [5.74, 6) is 3.00. The molecular weight excluding hydrogens is 158 g/mol. The van der Waals surface area contributed by atoms with Gasteiger partial charge in [-0.1, -0.05) is 19.8 Å². The third kappa shape index (κ3) is 2.25. The van der Waals surface area contributed by atoms with Crippen molar-refractivity contribution < 1.29 is 0 Å². The lowest BCUT2D eigenvalue weighted by Crippen LogP contribution is -2.37. The second-order valence-electron chi connectivity index (χ2n) is 5.18. The van der Waals surface area contributed by atoms with Crippen LogP contribution in [0.15, 0.2) is 0 Å². The van der Waals surface area contributed by atoms with E-state index in [-0.39, 0.29) is 0 Å². The third-order valence-corrected chi connectivity index (χ3v) is 3.95. The molecule has 2 aliphatic carbocycles. The maximum Gasteiger partial charge on any atom is 0.0121 e. The van der Waals surface area contributed by atoms with Gasteiger partial charge in [-0.15, -0.1) is 0 Å². The van der Waals surface area contributed by atoms with Crippen molar-refractivity contribution in [3.63, 3.8) is 0 Å². The van der Waals surface area contributed by atoms with Crippen molar-refractivity contribution in [1.29, 1.82) is 0 Å². The van der Waals surface area contributed by atoms with Crippen molar-refractivity contribution >= 4 is 0 Å². The largest absolute Gasteiger partial charge is 0.316 e. The Balaban J connectivity index is 1.88. The molecule has 0 aromatic carbocycles. The third-order valence-electron chi connectivity index (χ3n) is 3.95. The smallest absolute Gasteiger partial charge is 0.0121 e. The first-order chi connectivity index (χ1) is 6.31. The molecule has 0 aliphatic heterocycles. The molecule has 0 aromatic heterocycles. The first-order valence-electron chi connectivity index (χ1n) is 5.98. The highest BCUT2D eigenvalue weighted by atomic mass is 14.9. The Morgan fingerprint density at radius 3 is 2.38 bits per heavy atom. The summed E-state index contributed by atoms with van der Waals surface area (Å²) < 4.78 is 0. The van der Waals surface area contributed by atoms with Gasteiger partial charge < -0.3 is 5.32 Å². The van der Waals surface area contributed by atoms with Crippen molar-refractivity contribution in [2.45, 2.75) is 51.5 Å². The number of nitrogens with one attached hydrogen (secondary N) is 1. The van der Waals surface area contributed by atoms with E-state index in [1.807, 2.05) is 0 Å². The van der Waals surface area contributed by atoms with Crippen LogP contribution in [0.1, 0.15) is 45.4 Å². The van der Waals surface area contributed by atoms with Crippen molar-refractivity contribution in [2.75, 3.05) is 7.05 Å². The van der Waals surface area contributed by atoms with Crippen molar-refractivity contribution in [3.8, 4) is 0 Å². The van der Waals surface area contributed by atoms with Crippen LogP contribution in [-0.2, 0) is 0 Å². The number of rotatable bonds is 3. The molecule has 76 valence electrons. The maximum atomic E-state index is 3.55. The van der Waals surface area contributed by atoms with Gasteiger partial charge in [0.15, 0.2) is 0 Å². The topological polar surface area (TPSA) is 12.0 Å². The van der Waals surface area contributed by atoms with E-state index in [0.29, 0.717) is 0 Å². The zero-order valence-electron chi connectivity index (χ0n) is 9.05. The van der Waals surface area contributed by atoms with E-state index in [0.717, 1.165) is 23.8 Å². The van der Waals surface area contributed by atoms with Gasteiger partial charge in [0.25, 0.3) is 0 Å². The van der Waals surface area contributed by atoms with E-state index in [1.54, 1.807) is 0 Å². The van der Waals surface area contributed by atoms with E-state index < -0.39 is 0 Å². The van der Waals surface area contributed by atoms with Crippen molar-refractivity contribution in [1.82, 2.24) is 5.32 Å². The van der Waals surface area contributed by atoms with Crippen LogP contribution in [0.4, 0.5) is 0 Å². The summed E-state index contributed by atoms with van der Waals surface area (Å²) in [5, 5.41) is 3.55. The van der Waals surface area contributed by atoms with Gasteiger partial charge >= 0.3 is 0 Å². The van der Waals surface area contributed by atoms with Gasteiger partial charge in [-0.05, 0) is 50.5 Å². The quantitative estimate of drug-likeness (QED) is 0.706. The van der Waals surface area contributed by atoms with Crippen LogP contribution >= 0.6 is 0 Å². The summed E-state index contributed by atoms with van der Waals surface area (Å²) in [6.45, 7) is 2.42. The molecule has 0 spiro atoms. The number of hydrogen-bond acceptors (Lipinski definition) is 1. The predicted octanol–water partition coefficient (Wildman–Crippen LogP) is 2.81. The van der Waals surface area contributed by atoms with Gasteiger partial charge in [-0.2, -0.15) is 0 Å². The average Bonchev–Trinajstić information content (AvgIpc) is 2.90. The minimum Gasteiger partial charge on any atom is -0.316 e. The van der Waals surface area contributed by atoms with Crippen LogP contribution in [0.25, 0.3) is 0 Å². The zero-order chi connectivity index (χ0) is 9.26. The van der Waals surface area contributed by atoms with Crippen molar-refractivity contribution in [3.05, 3.63) is 0 Å². The Morgan fingerprint density at radius 1 is 1.08 bits per heavy atom. The fourth-order valence-electron chi connectivity index (χ4n) is 3.12. The number of hydrogen-bond donors (Lipinski definition) is 1. The molecule has 0 heterocycles. The minimum atomic E-state index is 0.850. The van der Waals surface area contributed by atoms with Gasteiger partial charge in [-0.25, -0.2) is 0 Å². The Morgan fingerprint density at radius 2 is 1.85 bits per heavy atom. The van der Waals surface area contributed by atoms with Crippen LogP contribution in [0.2, 0.25) is 0 Å². The molecule has 1 nitrogen and oxygen atoms in total. The first-order valence-corrected chi connectivity index (χ1v) is 5.98. The van der Waals surface area contributed by atoms with Gasteiger partial charge in [0.05, 0.1) is 0 Å². The summed E-state index contributed by atoms with van der Waals surface area (Å²) >= 11 is 0. The normalized spacial score (nSPS) is 37.4. The molecule has 1 heteroatoms. The maximum absolute atomic E-state index is 3.55. The van der Waals surface area contributed by atoms with E-state index in [9.17, 15) is 0 Å². The molecule has 3 unspecified atom stereocenters. The fraction of sp³-hybridized carbons (Fsp3) is 1.00. The molecule has 1 N–H and O–H groups in total. The zero-order valence-corrected chi connectivity index (χ0v) is 9.05. The Bertz CT molecular complexity index is 163. The van der Waals surface area contributed by atoms with E-state index in [2.05, 4.69) is 19.3 Å². The summed E-state index contributed by atoms with van der Waals surface area (Å²) in [6, 6.07) is 0.850. The molecule has 2 fully saturated rings.